The number of fused-ring (bicyclic) bond motifs is 1. The second kappa shape index (κ2) is 3.78. The molecule has 3 heteroatoms. The van der Waals surface area contributed by atoms with E-state index < -0.39 is 0 Å². The molecule has 1 heterocycles. The lowest BCUT2D eigenvalue weighted by atomic mass is 10.1. The van der Waals surface area contributed by atoms with Crippen molar-refractivity contribution in [2.45, 2.75) is 20.3 Å². The molecule has 2 rings (SSSR count). The number of hydrogen-bond donors (Lipinski definition) is 0. The van der Waals surface area contributed by atoms with Crippen molar-refractivity contribution < 1.29 is 4.39 Å². The van der Waals surface area contributed by atoms with Gasteiger partial charge in [-0.2, -0.15) is 0 Å². The lowest BCUT2D eigenvalue weighted by Crippen LogP contribution is -1.93. The molecule has 0 spiro atoms. The van der Waals surface area contributed by atoms with E-state index in [1.54, 1.807) is 13.0 Å². The van der Waals surface area contributed by atoms with Gasteiger partial charge in [0.05, 0.1) is 10.5 Å². The zero-order valence-corrected chi connectivity index (χ0v) is 9.40. The molecule has 0 unspecified atom stereocenters. The summed E-state index contributed by atoms with van der Waals surface area (Å²) in [6.45, 7) is 3.72. The van der Waals surface area contributed by atoms with Gasteiger partial charge in [-0.05, 0) is 31.5 Å². The van der Waals surface area contributed by atoms with Gasteiger partial charge in [-0.15, -0.1) is 0 Å². The molecule has 0 atom stereocenters. The first-order valence-corrected chi connectivity index (χ1v) is 5.25. The van der Waals surface area contributed by atoms with E-state index in [0.29, 0.717) is 16.1 Å². The Morgan fingerprint density at radius 2 is 2.13 bits per heavy atom. The highest BCUT2D eigenvalue weighted by Gasteiger charge is 2.08. The first-order valence-electron chi connectivity index (χ1n) is 4.87. The minimum absolute atomic E-state index is 0.237. The summed E-state index contributed by atoms with van der Waals surface area (Å²) in [6, 6.07) is 4.94. The van der Waals surface area contributed by atoms with E-state index >= 15 is 0 Å². The highest BCUT2D eigenvalue weighted by molar-refractivity contribution is 6.35. The maximum atomic E-state index is 13.3. The van der Waals surface area contributed by atoms with Crippen molar-refractivity contribution in [3.05, 3.63) is 40.3 Å². The van der Waals surface area contributed by atoms with E-state index in [1.165, 1.54) is 6.07 Å². The quantitative estimate of drug-likeness (QED) is 0.715. The molecule has 1 nitrogen and oxygen atoms in total. The Bertz CT molecular complexity index is 523. The normalized spacial score (nSPS) is 10.9. The number of aryl methyl sites for hydroxylation is 2. The zero-order chi connectivity index (χ0) is 11.0. The van der Waals surface area contributed by atoms with Gasteiger partial charge in [0.15, 0.2) is 0 Å². The molecule has 78 valence electrons. The summed E-state index contributed by atoms with van der Waals surface area (Å²) in [5.41, 5.74) is 2.12. The summed E-state index contributed by atoms with van der Waals surface area (Å²) in [4.78, 5) is 4.39. The Kier molecular flexibility index (Phi) is 2.61. The van der Waals surface area contributed by atoms with Gasteiger partial charge in [0.1, 0.15) is 5.82 Å². The van der Waals surface area contributed by atoms with Gasteiger partial charge in [-0.1, -0.05) is 18.5 Å². The Hall–Kier alpha value is -1.15. The molecule has 0 aliphatic heterocycles. The summed E-state index contributed by atoms with van der Waals surface area (Å²) in [7, 11) is 0. The van der Waals surface area contributed by atoms with Crippen LogP contribution in [0.5, 0.6) is 0 Å². The van der Waals surface area contributed by atoms with E-state index in [9.17, 15) is 4.39 Å². The van der Waals surface area contributed by atoms with E-state index in [-0.39, 0.29) is 5.82 Å². The molecule has 1 aromatic carbocycles. The third kappa shape index (κ3) is 1.70. The van der Waals surface area contributed by atoms with Gasteiger partial charge in [0, 0.05) is 16.6 Å². The molecule has 0 amide bonds. The predicted octanol–water partition coefficient (Wildman–Crippen LogP) is 3.90. The third-order valence-electron chi connectivity index (χ3n) is 2.53. The smallest absolute Gasteiger partial charge is 0.128 e. The van der Waals surface area contributed by atoms with Crippen LogP contribution in [0.4, 0.5) is 4.39 Å². The summed E-state index contributed by atoms with van der Waals surface area (Å²) in [6.07, 6.45) is 0.797. The fourth-order valence-electron chi connectivity index (χ4n) is 1.59. The fourth-order valence-corrected chi connectivity index (χ4v) is 1.87. The topological polar surface area (TPSA) is 12.9 Å². The van der Waals surface area contributed by atoms with Crippen molar-refractivity contribution in [2.75, 3.05) is 0 Å². The molecule has 15 heavy (non-hydrogen) atoms. The van der Waals surface area contributed by atoms with Crippen molar-refractivity contribution in [1.29, 1.82) is 0 Å². The van der Waals surface area contributed by atoms with Crippen LogP contribution in [-0.4, -0.2) is 4.98 Å². The van der Waals surface area contributed by atoms with Crippen molar-refractivity contribution >= 4 is 22.5 Å². The van der Waals surface area contributed by atoms with Gasteiger partial charge in [-0.3, -0.25) is 4.98 Å². The van der Waals surface area contributed by atoms with E-state index in [0.717, 1.165) is 17.5 Å². The number of aromatic nitrogens is 1. The average Bonchev–Trinajstić information content (AvgIpc) is 2.23. The maximum Gasteiger partial charge on any atom is 0.128 e. The number of halogens is 2. The minimum Gasteiger partial charge on any atom is -0.252 e. The number of benzene rings is 1. The van der Waals surface area contributed by atoms with E-state index in [2.05, 4.69) is 4.98 Å². The Morgan fingerprint density at radius 3 is 2.80 bits per heavy atom. The summed E-state index contributed by atoms with van der Waals surface area (Å²) in [5.74, 6) is -0.237. The van der Waals surface area contributed by atoms with Crippen LogP contribution in [0.1, 0.15) is 18.2 Å². The zero-order valence-electron chi connectivity index (χ0n) is 8.64. The van der Waals surface area contributed by atoms with Crippen LogP contribution in [0.25, 0.3) is 10.9 Å². The molecule has 0 radical (unpaired) electrons. The Morgan fingerprint density at radius 1 is 1.40 bits per heavy atom. The van der Waals surface area contributed by atoms with Gasteiger partial charge < -0.3 is 0 Å². The molecular formula is C12H11ClFN. The van der Waals surface area contributed by atoms with E-state index in [1.807, 2.05) is 13.0 Å². The summed E-state index contributed by atoms with van der Waals surface area (Å²) < 4.78 is 13.3. The van der Waals surface area contributed by atoms with Gasteiger partial charge in [0.25, 0.3) is 0 Å². The van der Waals surface area contributed by atoms with E-state index in [4.69, 9.17) is 11.6 Å². The molecule has 0 N–H and O–H groups in total. The second-order valence-corrected chi connectivity index (χ2v) is 3.92. The SMILES string of the molecule is CCc1cc(Cl)c2ccc(F)c(C)c2n1. The summed E-state index contributed by atoms with van der Waals surface area (Å²) >= 11 is 6.10. The molecule has 0 aliphatic rings. The van der Waals surface area contributed by atoms with Crippen molar-refractivity contribution in [1.82, 2.24) is 4.98 Å². The summed E-state index contributed by atoms with van der Waals surface area (Å²) in [5, 5.41) is 1.45. The molecule has 0 saturated carbocycles. The molecule has 1 aromatic heterocycles. The monoisotopic (exact) mass is 223 g/mol. The minimum atomic E-state index is -0.237. The van der Waals surface area contributed by atoms with Crippen molar-refractivity contribution in [3.8, 4) is 0 Å². The number of rotatable bonds is 1. The van der Waals surface area contributed by atoms with Crippen molar-refractivity contribution in [2.24, 2.45) is 0 Å². The molecular weight excluding hydrogens is 213 g/mol. The average molecular weight is 224 g/mol. The fraction of sp³-hybridized carbons (Fsp3) is 0.250. The predicted molar refractivity (Wildman–Crippen MR) is 60.8 cm³/mol. The highest BCUT2D eigenvalue weighted by Crippen LogP contribution is 2.26. The first-order chi connectivity index (χ1) is 7.13. The molecule has 2 aromatic rings. The number of nitrogens with zero attached hydrogens (tertiary/aromatic N) is 1. The number of pyridine rings is 1. The third-order valence-corrected chi connectivity index (χ3v) is 2.85. The first kappa shape index (κ1) is 10.4. The van der Waals surface area contributed by atoms with Crippen LogP contribution in [0.2, 0.25) is 5.02 Å². The van der Waals surface area contributed by atoms with Crippen LogP contribution in [-0.2, 0) is 6.42 Å². The van der Waals surface area contributed by atoms with Crippen LogP contribution < -0.4 is 0 Å². The Labute approximate surface area is 92.9 Å². The Balaban J connectivity index is 2.86. The molecule has 0 fully saturated rings. The molecule has 0 aliphatic carbocycles. The van der Waals surface area contributed by atoms with Crippen LogP contribution in [0, 0.1) is 12.7 Å². The maximum absolute atomic E-state index is 13.3. The largest absolute Gasteiger partial charge is 0.252 e. The van der Waals surface area contributed by atoms with Gasteiger partial charge in [-0.25, -0.2) is 4.39 Å². The molecule has 0 saturated heterocycles. The van der Waals surface area contributed by atoms with Crippen molar-refractivity contribution in [3.63, 3.8) is 0 Å². The van der Waals surface area contributed by atoms with Gasteiger partial charge >= 0.3 is 0 Å². The number of hydrogen-bond acceptors (Lipinski definition) is 1. The van der Waals surface area contributed by atoms with Crippen LogP contribution >= 0.6 is 11.6 Å². The lowest BCUT2D eigenvalue weighted by Gasteiger charge is -2.06. The lowest BCUT2D eigenvalue weighted by molar-refractivity contribution is 0.620. The van der Waals surface area contributed by atoms with Gasteiger partial charge in [0.2, 0.25) is 0 Å². The molecule has 0 bridgehead atoms. The second-order valence-electron chi connectivity index (χ2n) is 3.52. The standard InChI is InChI=1S/C12H11ClFN/c1-3-8-6-10(13)9-4-5-11(14)7(2)12(9)15-8/h4-6H,3H2,1-2H3. The van der Waals surface area contributed by atoms with Crippen LogP contribution in [0.3, 0.4) is 0 Å². The highest BCUT2D eigenvalue weighted by atomic mass is 35.5. The van der Waals surface area contributed by atoms with Crippen LogP contribution in [0.15, 0.2) is 18.2 Å².